The van der Waals surface area contributed by atoms with Gasteiger partial charge in [0, 0.05) is 0 Å². The molecule has 0 aliphatic rings. The highest BCUT2D eigenvalue weighted by Crippen LogP contribution is 1.96. The molecule has 2 aromatic rings. The first-order valence-corrected chi connectivity index (χ1v) is 5.18. The summed E-state index contributed by atoms with van der Waals surface area (Å²) in [5, 5.41) is 12.0. The molecule has 0 unspecified atom stereocenters. The topological polar surface area (TPSA) is 145 Å². The minimum absolute atomic E-state index is 0.0208. The number of fused-ring (bicyclic) bond motifs is 1. The lowest BCUT2D eigenvalue weighted by atomic mass is 10.1. The van der Waals surface area contributed by atoms with Crippen LogP contribution in [0.4, 0.5) is 5.95 Å². The molecule has 0 saturated carbocycles. The van der Waals surface area contributed by atoms with Crippen LogP contribution in [0.25, 0.3) is 5.78 Å². The Hall–Kier alpha value is -2.29. The Morgan fingerprint density at radius 3 is 2.61 bits per heavy atom. The zero-order chi connectivity index (χ0) is 13.7. The van der Waals surface area contributed by atoms with E-state index >= 15 is 0 Å². The van der Waals surface area contributed by atoms with Gasteiger partial charge in [-0.1, -0.05) is 13.8 Å². The van der Waals surface area contributed by atoms with Crippen LogP contribution in [0.3, 0.4) is 0 Å². The first-order chi connectivity index (χ1) is 8.41. The Labute approximate surface area is 103 Å². The lowest BCUT2D eigenvalue weighted by Gasteiger charge is -2.07. The lowest BCUT2D eigenvalue weighted by Crippen LogP contribution is -2.34. The van der Waals surface area contributed by atoms with Gasteiger partial charge in [0.05, 0.1) is 0 Å². The maximum Gasteiger partial charge on any atom is 0.320 e. The fraction of sp³-hybridized carbons (Fsp3) is 0.444. The average molecular weight is 253 g/mol. The number of rotatable bonds is 2. The van der Waals surface area contributed by atoms with Crippen molar-refractivity contribution in [3.8, 4) is 0 Å². The van der Waals surface area contributed by atoms with Crippen molar-refractivity contribution in [1.82, 2.24) is 24.6 Å². The molecule has 2 rings (SSSR count). The van der Waals surface area contributed by atoms with E-state index in [1.54, 1.807) is 13.8 Å². The van der Waals surface area contributed by atoms with E-state index in [-0.39, 0.29) is 11.9 Å². The predicted octanol–water partition coefficient (Wildman–Crippen LogP) is -0.844. The fourth-order valence-electron chi connectivity index (χ4n) is 0.960. The summed E-state index contributed by atoms with van der Waals surface area (Å²) in [4.78, 5) is 21.3. The summed E-state index contributed by atoms with van der Waals surface area (Å²) >= 11 is 0. The van der Waals surface area contributed by atoms with Gasteiger partial charge in [0.1, 0.15) is 18.7 Å². The lowest BCUT2D eigenvalue weighted by molar-refractivity contribution is -0.139. The first-order valence-electron chi connectivity index (χ1n) is 5.18. The van der Waals surface area contributed by atoms with Crippen LogP contribution < -0.4 is 11.5 Å². The summed E-state index contributed by atoms with van der Waals surface area (Å²) in [5.41, 5.74) is 10.4. The summed E-state index contributed by atoms with van der Waals surface area (Å²) in [6, 6.07) is -0.713. The molecule has 18 heavy (non-hydrogen) atoms. The van der Waals surface area contributed by atoms with Gasteiger partial charge in [-0.15, -0.1) is 5.10 Å². The number of carboxylic acids is 1. The molecule has 0 aromatic carbocycles. The highest BCUT2D eigenvalue weighted by molar-refractivity contribution is 5.73. The Morgan fingerprint density at radius 1 is 1.50 bits per heavy atom. The highest BCUT2D eigenvalue weighted by atomic mass is 16.4. The van der Waals surface area contributed by atoms with E-state index in [1.807, 2.05) is 0 Å². The number of hydrogen-bond acceptors (Lipinski definition) is 7. The second-order valence-corrected chi connectivity index (χ2v) is 3.83. The van der Waals surface area contributed by atoms with Crippen LogP contribution in [0.5, 0.6) is 0 Å². The van der Waals surface area contributed by atoms with E-state index in [0.717, 1.165) is 0 Å². The van der Waals surface area contributed by atoms with Crippen LogP contribution in [-0.4, -0.2) is 41.7 Å². The Balaban J connectivity index is 0.000000187. The first kappa shape index (κ1) is 13.8. The molecule has 9 heteroatoms. The molecule has 0 aliphatic heterocycles. The van der Waals surface area contributed by atoms with Gasteiger partial charge in [0.15, 0.2) is 0 Å². The standard InChI is InChI=1S/C5H11NO2.C4H4N6/c1-3(2)4(6)5(7)8;5-3-8-4-7-1-6-2-10(4)9-3/h3-4H,6H2,1-2H3,(H,7,8);1-2H,(H2,5,9)/t4-;/m0./s1. The van der Waals surface area contributed by atoms with Gasteiger partial charge < -0.3 is 16.6 Å². The molecular weight excluding hydrogens is 238 g/mol. The van der Waals surface area contributed by atoms with Gasteiger partial charge in [0.25, 0.3) is 5.78 Å². The monoisotopic (exact) mass is 253 g/mol. The van der Waals surface area contributed by atoms with Gasteiger partial charge >= 0.3 is 5.97 Å². The number of anilines is 1. The van der Waals surface area contributed by atoms with Crippen molar-refractivity contribution in [3.05, 3.63) is 12.7 Å². The van der Waals surface area contributed by atoms with Crippen LogP contribution in [0.15, 0.2) is 12.7 Å². The van der Waals surface area contributed by atoms with Crippen LogP contribution in [0, 0.1) is 5.92 Å². The van der Waals surface area contributed by atoms with Crippen LogP contribution in [-0.2, 0) is 4.79 Å². The second-order valence-electron chi connectivity index (χ2n) is 3.83. The molecule has 5 N–H and O–H groups in total. The summed E-state index contributed by atoms with van der Waals surface area (Å²) in [6.45, 7) is 3.55. The Bertz CT molecular complexity index is 491. The third-order valence-corrected chi connectivity index (χ3v) is 2.05. The molecule has 0 saturated heterocycles. The van der Waals surface area contributed by atoms with E-state index in [9.17, 15) is 4.79 Å². The normalized spacial score (nSPS) is 12.0. The van der Waals surface area contributed by atoms with Crippen molar-refractivity contribution >= 4 is 17.7 Å². The summed E-state index contributed by atoms with van der Waals surface area (Å²) < 4.78 is 1.41. The molecule has 2 aromatic heterocycles. The van der Waals surface area contributed by atoms with E-state index in [4.69, 9.17) is 16.6 Å². The van der Waals surface area contributed by atoms with Gasteiger partial charge in [-0.3, -0.25) is 4.79 Å². The molecule has 0 bridgehead atoms. The van der Waals surface area contributed by atoms with E-state index in [2.05, 4.69) is 20.1 Å². The van der Waals surface area contributed by atoms with Crippen LogP contribution >= 0.6 is 0 Å². The van der Waals surface area contributed by atoms with Crippen LogP contribution in [0.2, 0.25) is 0 Å². The maximum atomic E-state index is 10.0. The quantitative estimate of drug-likeness (QED) is 0.627. The molecular formula is C9H15N7O2. The largest absolute Gasteiger partial charge is 0.480 e. The van der Waals surface area contributed by atoms with Crippen molar-refractivity contribution in [1.29, 1.82) is 0 Å². The molecule has 1 atom stereocenters. The van der Waals surface area contributed by atoms with Crippen LogP contribution in [0.1, 0.15) is 13.8 Å². The molecule has 9 nitrogen and oxygen atoms in total. The second kappa shape index (κ2) is 5.87. The van der Waals surface area contributed by atoms with Gasteiger partial charge in [-0.2, -0.15) is 14.5 Å². The molecule has 2 heterocycles. The van der Waals surface area contributed by atoms with Gasteiger partial charge in [-0.25, -0.2) is 4.98 Å². The third kappa shape index (κ3) is 3.63. The molecule has 0 aliphatic carbocycles. The number of nitrogens with zero attached hydrogens (tertiary/aromatic N) is 5. The van der Waals surface area contributed by atoms with Gasteiger partial charge in [-0.05, 0) is 5.92 Å². The number of nitrogens with two attached hydrogens (primary N) is 2. The average Bonchev–Trinajstić information content (AvgIpc) is 2.68. The molecule has 0 fully saturated rings. The third-order valence-electron chi connectivity index (χ3n) is 2.05. The molecule has 98 valence electrons. The predicted molar refractivity (Wildman–Crippen MR) is 63.4 cm³/mol. The summed E-state index contributed by atoms with van der Waals surface area (Å²) in [5.74, 6) is -0.236. The number of aliphatic carboxylic acids is 1. The highest BCUT2D eigenvalue weighted by Gasteiger charge is 2.14. The Kier molecular flexibility index (Phi) is 4.49. The molecule has 0 radical (unpaired) electrons. The number of hydrogen-bond donors (Lipinski definition) is 3. The number of nitrogen functional groups attached to an aromatic ring is 1. The minimum atomic E-state index is -0.931. The SMILES string of the molecule is CC(C)[C@H](N)C(=O)O.Nc1nc2ncncn2n1. The van der Waals surface area contributed by atoms with Crippen molar-refractivity contribution in [2.45, 2.75) is 19.9 Å². The van der Waals surface area contributed by atoms with E-state index in [0.29, 0.717) is 5.78 Å². The number of carbonyl (C=O) groups is 1. The number of aromatic nitrogens is 5. The Morgan fingerprint density at radius 2 is 2.17 bits per heavy atom. The minimum Gasteiger partial charge on any atom is -0.480 e. The number of carboxylic acid groups (broad SMARTS) is 1. The van der Waals surface area contributed by atoms with Crippen molar-refractivity contribution in [2.75, 3.05) is 5.73 Å². The fourth-order valence-corrected chi connectivity index (χ4v) is 0.960. The molecule has 0 spiro atoms. The zero-order valence-corrected chi connectivity index (χ0v) is 10.1. The summed E-state index contributed by atoms with van der Waals surface area (Å²) in [7, 11) is 0. The smallest absolute Gasteiger partial charge is 0.320 e. The van der Waals surface area contributed by atoms with Crippen molar-refractivity contribution in [3.63, 3.8) is 0 Å². The van der Waals surface area contributed by atoms with E-state index in [1.165, 1.54) is 17.2 Å². The van der Waals surface area contributed by atoms with Crippen molar-refractivity contribution in [2.24, 2.45) is 11.7 Å². The van der Waals surface area contributed by atoms with Crippen molar-refractivity contribution < 1.29 is 9.90 Å². The van der Waals surface area contributed by atoms with E-state index < -0.39 is 12.0 Å². The summed E-state index contributed by atoms with van der Waals surface area (Å²) in [6.07, 6.45) is 2.88. The zero-order valence-electron chi connectivity index (χ0n) is 10.1. The maximum absolute atomic E-state index is 10.0. The molecule has 0 amide bonds. The van der Waals surface area contributed by atoms with Gasteiger partial charge in [0.2, 0.25) is 5.95 Å².